The van der Waals surface area contributed by atoms with E-state index in [2.05, 4.69) is 17.9 Å². The van der Waals surface area contributed by atoms with Gasteiger partial charge in [0.1, 0.15) is 11.4 Å². The molecule has 1 aromatic heterocycles. The molecule has 3 aromatic rings. The van der Waals surface area contributed by atoms with Gasteiger partial charge in [0.15, 0.2) is 5.78 Å². The van der Waals surface area contributed by atoms with Crippen LogP contribution < -0.4 is 4.74 Å². The molecular formula is C30H33N3O3. The number of fused-ring (bicyclic) bond motifs is 3. The number of nitrogens with zero attached hydrogens (tertiary/aromatic N) is 3. The Morgan fingerprint density at radius 1 is 1.11 bits per heavy atom. The number of hydrogen-bond donors (Lipinski definition) is 0. The maximum absolute atomic E-state index is 14.1. The highest BCUT2D eigenvalue weighted by Gasteiger charge is 2.44. The number of pyridine rings is 1. The molecule has 0 saturated carbocycles. The monoisotopic (exact) mass is 483 g/mol. The highest BCUT2D eigenvalue weighted by Crippen LogP contribution is 2.42. The van der Waals surface area contributed by atoms with E-state index in [1.807, 2.05) is 49.1 Å². The SMILES string of the molecule is CCN1CCc2nc3ccccc3c(C(=O)N3CCC4(CC3)CC(=O)c3cc(C)cc(C)c3O4)c2C1. The number of aromatic nitrogens is 1. The highest BCUT2D eigenvalue weighted by atomic mass is 16.5. The molecule has 0 aliphatic carbocycles. The van der Waals surface area contributed by atoms with Gasteiger partial charge in [0.25, 0.3) is 5.91 Å². The van der Waals surface area contributed by atoms with Crippen molar-refractivity contribution >= 4 is 22.6 Å². The molecule has 2 aromatic carbocycles. The van der Waals surface area contributed by atoms with Crippen molar-refractivity contribution in [1.29, 1.82) is 0 Å². The largest absolute Gasteiger partial charge is 0.486 e. The van der Waals surface area contributed by atoms with Crippen LogP contribution in [-0.2, 0) is 13.0 Å². The average Bonchev–Trinajstić information content (AvgIpc) is 2.88. The third kappa shape index (κ3) is 3.79. The number of rotatable bonds is 2. The normalized spacial score (nSPS) is 19.2. The number of carbonyl (C=O) groups is 2. The molecule has 1 fully saturated rings. The lowest BCUT2D eigenvalue weighted by molar-refractivity contribution is -0.00619. The summed E-state index contributed by atoms with van der Waals surface area (Å²) in [5.74, 6) is 0.953. The lowest BCUT2D eigenvalue weighted by Gasteiger charge is -2.44. The van der Waals surface area contributed by atoms with E-state index in [1.165, 1.54) is 0 Å². The van der Waals surface area contributed by atoms with Crippen molar-refractivity contribution in [3.8, 4) is 5.75 Å². The van der Waals surface area contributed by atoms with Crippen LogP contribution in [0.25, 0.3) is 10.9 Å². The topological polar surface area (TPSA) is 62.7 Å². The number of likely N-dealkylation sites (tertiary alicyclic amines) is 1. The summed E-state index contributed by atoms with van der Waals surface area (Å²) in [4.78, 5) is 36.4. The lowest BCUT2D eigenvalue weighted by atomic mass is 9.81. The molecule has 0 bridgehead atoms. The molecule has 3 aliphatic rings. The summed E-state index contributed by atoms with van der Waals surface area (Å²) < 4.78 is 6.56. The Balaban J connectivity index is 1.30. The quantitative estimate of drug-likeness (QED) is 0.520. The summed E-state index contributed by atoms with van der Waals surface area (Å²) >= 11 is 0. The zero-order chi connectivity index (χ0) is 25.0. The first-order valence-corrected chi connectivity index (χ1v) is 13.1. The van der Waals surface area contributed by atoms with Crippen molar-refractivity contribution in [3.05, 3.63) is 69.9 Å². The van der Waals surface area contributed by atoms with E-state index in [0.717, 1.165) is 70.7 Å². The van der Waals surface area contributed by atoms with Gasteiger partial charge in [0.2, 0.25) is 0 Å². The van der Waals surface area contributed by atoms with Crippen LogP contribution in [0.15, 0.2) is 36.4 Å². The Hall–Kier alpha value is -3.25. The predicted molar refractivity (Wildman–Crippen MR) is 140 cm³/mol. The van der Waals surface area contributed by atoms with Crippen molar-refractivity contribution in [1.82, 2.24) is 14.8 Å². The molecule has 3 aliphatic heterocycles. The van der Waals surface area contributed by atoms with Crippen LogP contribution in [0.4, 0.5) is 0 Å². The van der Waals surface area contributed by atoms with Crippen LogP contribution in [0.1, 0.15) is 69.3 Å². The number of ether oxygens (including phenoxy) is 1. The van der Waals surface area contributed by atoms with Crippen LogP contribution in [0.3, 0.4) is 0 Å². The molecular weight excluding hydrogens is 450 g/mol. The average molecular weight is 484 g/mol. The van der Waals surface area contributed by atoms with E-state index in [1.54, 1.807) is 0 Å². The van der Waals surface area contributed by atoms with E-state index in [0.29, 0.717) is 37.9 Å². The van der Waals surface area contributed by atoms with Gasteiger partial charge in [-0.3, -0.25) is 19.5 Å². The second-order valence-electron chi connectivity index (χ2n) is 10.7. The van der Waals surface area contributed by atoms with Crippen molar-refractivity contribution in [2.24, 2.45) is 0 Å². The number of benzene rings is 2. The summed E-state index contributed by atoms with van der Waals surface area (Å²) in [5, 5.41) is 0.934. The Morgan fingerprint density at radius 2 is 1.89 bits per heavy atom. The summed E-state index contributed by atoms with van der Waals surface area (Å²) in [7, 11) is 0. The standard InChI is InChI=1S/C30H33N3O3/c1-4-32-12-9-25-23(18-32)27(21-7-5-6-8-24(21)31-25)29(35)33-13-10-30(11-14-33)17-26(34)22-16-19(2)15-20(3)28(22)36-30/h5-8,15-16H,4,9-14,17-18H2,1-3H3. The van der Waals surface area contributed by atoms with Crippen molar-refractivity contribution in [2.45, 2.75) is 58.6 Å². The van der Waals surface area contributed by atoms with E-state index in [-0.39, 0.29) is 11.7 Å². The number of para-hydroxylation sites is 1. The molecule has 1 saturated heterocycles. The zero-order valence-corrected chi connectivity index (χ0v) is 21.4. The second kappa shape index (κ2) is 8.70. The van der Waals surface area contributed by atoms with Crippen LogP contribution in [0.2, 0.25) is 0 Å². The molecule has 1 amide bonds. The van der Waals surface area contributed by atoms with Gasteiger partial charge in [0.05, 0.1) is 23.1 Å². The number of ketones is 1. The number of aryl methyl sites for hydroxylation is 2. The molecule has 6 heteroatoms. The van der Waals surface area contributed by atoms with Crippen LogP contribution in [-0.4, -0.2) is 58.3 Å². The molecule has 4 heterocycles. The summed E-state index contributed by atoms with van der Waals surface area (Å²) in [6, 6.07) is 12.0. The number of piperidine rings is 1. The van der Waals surface area contributed by atoms with Crippen LogP contribution in [0, 0.1) is 13.8 Å². The number of hydrogen-bond acceptors (Lipinski definition) is 5. The molecule has 0 radical (unpaired) electrons. The Kier molecular flexibility index (Phi) is 5.60. The smallest absolute Gasteiger partial charge is 0.254 e. The van der Waals surface area contributed by atoms with Gasteiger partial charge in [-0.25, -0.2) is 0 Å². The number of Topliss-reactive ketones (excluding diaryl/α,β-unsaturated/α-hetero) is 1. The minimum absolute atomic E-state index is 0.0759. The molecule has 186 valence electrons. The molecule has 0 N–H and O–H groups in total. The fourth-order valence-corrected chi connectivity index (χ4v) is 6.25. The second-order valence-corrected chi connectivity index (χ2v) is 10.7. The van der Waals surface area contributed by atoms with Crippen molar-refractivity contribution in [2.75, 3.05) is 26.2 Å². The first-order chi connectivity index (χ1) is 17.4. The molecule has 0 atom stereocenters. The fourth-order valence-electron chi connectivity index (χ4n) is 6.25. The summed E-state index contributed by atoms with van der Waals surface area (Å²) in [6.07, 6.45) is 2.56. The number of carbonyl (C=O) groups excluding carboxylic acids is 2. The van der Waals surface area contributed by atoms with Crippen molar-refractivity contribution < 1.29 is 14.3 Å². The molecule has 6 nitrogen and oxygen atoms in total. The van der Waals surface area contributed by atoms with E-state index >= 15 is 0 Å². The predicted octanol–water partition coefficient (Wildman–Crippen LogP) is 4.87. The van der Waals surface area contributed by atoms with Gasteiger partial charge in [-0.05, 0) is 43.7 Å². The molecule has 0 unspecified atom stereocenters. The van der Waals surface area contributed by atoms with Crippen molar-refractivity contribution in [3.63, 3.8) is 0 Å². The maximum atomic E-state index is 14.1. The Labute approximate surface area is 212 Å². The van der Waals surface area contributed by atoms with Crippen LogP contribution in [0.5, 0.6) is 5.75 Å². The Morgan fingerprint density at radius 3 is 2.67 bits per heavy atom. The first-order valence-electron chi connectivity index (χ1n) is 13.1. The van der Waals surface area contributed by atoms with E-state index in [9.17, 15) is 9.59 Å². The number of likely N-dealkylation sites (N-methyl/N-ethyl adjacent to an activating group) is 1. The molecule has 36 heavy (non-hydrogen) atoms. The van der Waals surface area contributed by atoms with E-state index in [4.69, 9.17) is 9.72 Å². The summed E-state index contributed by atoms with van der Waals surface area (Å²) in [6.45, 7) is 10.0. The van der Waals surface area contributed by atoms with E-state index < -0.39 is 5.60 Å². The van der Waals surface area contributed by atoms with Crippen LogP contribution >= 0.6 is 0 Å². The van der Waals surface area contributed by atoms with Gasteiger partial charge in [-0.1, -0.05) is 31.2 Å². The molecule has 6 rings (SSSR count). The molecule has 1 spiro atoms. The fraction of sp³-hybridized carbons (Fsp3) is 0.433. The van der Waals surface area contributed by atoms with Gasteiger partial charge < -0.3 is 9.64 Å². The lowest BCUT2D eigenvalue weighted by Crippen LogP contribution is -2.52. The maximum Gasteiger partial charge on any atom is 0.254 e. The van der Waals surface area contributed by atoms with Gasteiger partial charge in [0, 0.05) is 62.1 Å². The minimum Gasteiger partial charge on any atom is -0.486 e. The van der Waals surface area contributed by atoms with Gasteiger partial charge in [-0.15, -0.1) is 0 Å². The van der Waals surface area contributed by atoms with Gasteiger partial charge in [-0.2, -0.15) is 0 Å². The van der Waals surface area contributed by atoms with Gasteiger partial charge >= 0.3 is 0 Å². The third-order valence-electron chi connectivity index (χ3n) is 8.27. The Bertz CT molecular complexity index is 1390. The highest BCUT2D eigenvalue weighted by molar-refractivity contribution is 6.08. The minimum atomic E-state index is -0.528. The summed E-state index contributed by atoms with van der Waals surface area (Å²) in [5.41, 5.74) is 6.09. The zero-order valence-electron chi connectivity index (χ0n) is 21.4. The first kappa shape index (κ1) is 23.2. The number of amides is 1. The third-order valence-corrected chi connectivity index (χ3v) is 8.27.